The summed E-state index contributed by atoms with van der Waals surface area (Å²) in [6.45, 7) is 0. The summed E-state index contributed by atoms with van der Waals surface area (Å²) in [7, 11) is 0. The number of rotatable bonds is 1. The molecular weight excluding hydrogens is 316 g/mol. The monoisotopic (exact) mass is 330 g/mol. The molecule has 3 heterocycles. The number of anilines is 1. The number of piperidine rings is 1. The highest BCUT2D eigenvalue weighted by Crippen LogP contribution is 2.46. The molecule has 0 spiro atoms. The second-order valence-electron chi connectivity index (χ2n) is 5.76. The van der Waals surface area contributed by atoms with Gasteiger partial charge in [0.15, 0.2) is 5.88 Å². The molecule has 2 unspecified atom stereocenters. The average Bonchev–Trinajstić information content (AvgIpc) is 2.62. The molecule has 2 aromatic rings. The zero-order chi connectivity index (χ0) is 17.6. The van der Waals surface area contributed by atoms with Crippen LogP contribution in [0.3, 0.4) is 0 Å². The third kappa shape index (κ3) is 2.08. The topological polar surface area (TPSA) is 123 Å². The van der Waals surface area contributed by atoms with Crippen LogP contribution in [0.2, 0.25) is 0 Å². The molecule has 25 heavy (non-hydrogen) atoms. The maximum absolute atomic E-state index is 9.75. The zero-order valence-electron chi connectivity index (χ0n) is 13.1. The van der Waals surface area contributed by atoms with E-state index in [0.29, 0.717) is 17.1 Å². The first kappa shape index (κ1) is 14.9. The van der Waals surface area contributed by atoms with Crippen LogP contribution in [-0.4, -0.2) is 16.7 Å². The molecule has 122 valence electrons. The predicted molar refractivity (Wildman–Crippen MR) is 92.3 cm³/mol. The van der Waals surface area contributed by atoms with E-state index in [0.717, 1.165) is 5.56 Å². The number of nitrogens with zero attached hydrogens (tertiary/aromatic N) is 3. The molecule has 4 N–H and O–H groups in total. The number of aromatic nitrogens is 1. The highest BCUT2D eigenvalue weighted by Gasteiger charge is 2.47. The van der Waals surface area contributed by atoms with Gasteiger partial charge in [-0.1, -0.05) is 24.3 Å². The summed E-state index contributed by atoms with van der Waals surface area (Å²) >= 11 is 0. The Morgan fingerprint density at radius 2 is 1.92 bits per heavy atom. The van der Waals surface area contributed by atoms with Gasteiger partial charge in [0.05, 0.1) is 11.6 Å². The summed E-state index contributed by atoms with van der Waals surface area (Å²) in [5, 5.41) is 26.9. The van der Waals surface area contributed by atoms with Crippen molar-refractivity contribution in [2.75, 3.05) is 4.90 Å². The minimum absolute atomic E-state index is 0.00412. The van der Waals surface area contributed by atoms with Crippen LogP contribution in [-0.2, 0) is 0 Å². The number of nitriles is 1. The maximum Gasteiger partial charge on any atom is 0.198 e. The van der Waals surface area contributed by atoms with E-state index in [1.54, 1.807) is 30.5 Å². The highest BCUT2D eigenvalue weighted by molar-refractivity contribution is 6.27. The fourth-order valence-electron chi connectivity index (χ4n) is 3.32. The summed E-state index contributed by atoms with van der Waals surface area (Å²) in [4.78, 5) is 5.55. The summed E-state index contributed by atoms with van der Waals surface area (Å²) in [5.74, 6) is -0.250. The van der Waals surface area contributed by atoms with E-state index in [2.05, 4.69) is 11.1 Å². The van der Waals surface area contributed by atoms with Gasteiger partial charge in [-0.15, -0.1) is 0 Å². The third-order valence-electron chi connectivity index (χ3n) is 4.42. The smallest absolute Gasteiger partial charge is 0.198 e. The molecule has 0 saturated carbocycles. The lowest BCUT2D eigenvalue weighted by Gasteiger charge is -2.41. The van der Waals surface area contributed by atoms with Crippen molar-refractivity contribution in [1.29, 1.82) is 16.1 Å². The first-order valence-electron chi connectivity index (χ1n) is 7.68. The number of amidine groups is 2. The Kier molecular flexibility index (Phi) is 3.25. The van der Waals surface area contributed by atoms with Crippen molar-refractivity contribution in [2.24, 2.45) is 11.7 Å². The Morgan fingerprint density at radius 1 is 1.16 bits per heavy atom. The molecule has 1 fully saturated rings. The van der Waals surface area contributed by atoms with Crippen molar-refractivity contribution >= 4 is 17.5 Å². The second-order valence-corrected chi connectivity index (χ2v) is 5.76. The quantitative estimate of drug-likeness (QED) is 0.740. The Balaban J connectivity index is 1.91. The third-order valence-corrected chi connectivity index (χ3v) is 4.42. The lowest BCUT2D eigenvalue weighted by molar-refractivity contribution is 0.383. The number of nitrogens with two attached hydrogens (primary N) is 1. The van der Waals surface area contributed by atoms with E-state index in [1.807, 2.05) is 18.2 Å². The van der Waals surface area contributed by atoms with Crippen LogP contribution in [0.25, 0.3) is 0 Å². The van der Waals surface area contributed by atoms with E-state index >= 15 is 0 Å². The molecule has 1 saturated heterocycles. The molecule has 7 heteroatoms. The van der Waals surface area contributed by atoms with Crippen molar-refractivity contribution in [1.82, 2.24) is 4.98 Å². The van der Waals surface area contributed by atoms with Gasteiger partial charge in [0.1, 0.15) is 29.2 Å². The molecule has 0 amide bonds. The lowest BCUT2D eigenvalue weighted by atomic mass is 9.75. The van der Waals surface area contributed by atoms with Gasteiger partial charge in [-0.3, -0.25) is 15.7 Å². The summed E-state index contributed by atoms with van der Waals surface area (Å²) in [6.07, 6.45) is 1.58. The van der Waals surface area contributed by atoms with Gasteiger partial charge < -0.3 is 10.5 Å². The van der Waals surface area contributed by atoms with Gasteiger partial charge in [0, 0.05) is 17.7 Å². The normalized spacial score (nSPS) is 22.0. The fraction of sp³-hybridized carbons (Fsp3) is 0.111. The van der Waals surface area contributed by atoms with Crippen molar-refractivity contribution in [3.05, 3.63) is 65.7 Å². The van der Waals surface area contributed by atoms with Crippen molar-refractivity contribution in [2.45, 2.75) is 5.92 Å². The molecule has 0 aliphatic carbocycles. The van der Waals surface area contributed by atoms with Gasteiger partial charge in [-0.25, -0.2) is 4.98 Å². The fourth-order valence-corrected chi connectivity index (χ4v) is 3.32. The zero-order valence-corrected chi connectivity index (χ0v) is 13.1. The van der Waals surface area contributed by atoms with E-state index in [9.17, 15) is 5.26 Å². The highest BCUT2D eigenvalue weighted by atomic mass is 16.5. The van der Waals surface area contributed by atoms with Crippen LogP contribution in [0.5, 0.6) is 5.75 Å². The molecule has 0 radical (unpaired) electrons. The summed E-state index contributed by atoms with van der Waals surface area (Å²) < 4.78 is 5.67. The minimum Gasteiger partial charge on any atom is -0.441 e. The molecule has 4 rings (SSSR count). The molecule has 1 aromatic carbocycles. The maximum atomic E-state index is 9.75. The van der Waals surface area contributed by atoms with Crippen molar-refractivity contribution in [3.63, 3.8) is 0 Å². The first-order chi connectivity index (χ1) is 12.1. The summed E-state index contributed by atoms with van der Waals surface area (Å²) in [6, 6.07) is 14.7. The molecule has 1 aromatic heterocycles. The van der Waals surface area contributed by atoms with Crippen LogP contribution < -0.4 is 15.4 Å². The predicted octanol–water partition coefficient (Wildman–Crippen LogP) is 2.34. The Morgan fingerprint density at radius 3 is 2.64 bits per heavy atom. The van der Waals surface area contributed by atoms with E-state index in [4.69, 9.17) is 21.3 Å². The molecule has 0 bridgehead atoms. The second kappa shape index (κ2) is 5.46. The minimum atomic E-state index is -0.797. The molecule has 2 aliphatic heterocycles. The number of benzene rings is 1. The van der Waals surface area contributed by atoms with Crippen molar-refractivity contribution < 1.29 is 4.74 Å². The lowest BCUT2D eigenvalue weighted by Crippen LogP contribution is -2.51. The van der Waals surface area contributed by atoms with E-state index in [-0.39, 0.29) is 17.6 Å². The van der Waals surface area contributed by atoms with Gasteiger partial charge in [0.2, 0.25) is 0 Å². The summed E-state index contributed by atoms with van der Waals surface area (Å²) in [5.41, 5.74) is 7.25. The van der Waals surface area contributed by atoms with Crippen molar-refractivity contribution in [3.8, 4) is 11.8 Å². The van der Waals surface area contributed by atoms with Crippen LogP contribution in [0.4, 0.5) is 5.82 Å². The van der Waals surface area contributed by atoms with Gasteiger partial charge in [0.25, 0.3) is 0 Å². The standard InChI is InChI=1S/C18H14N6O/c19-9-11-14-10-5-1-2-6-12(10)25-18(22)15(14)17(21)24(16(11)20)13-7-3-4-8-23-13/h1-8,11,14,20-21H,22H2. The first-order valence-corrected chi connectivity index (χ1v) is 7.68. The Bertz CT molecular complexity index is 959. The number of pyridine rings is 1. The van der Waals surface area contributed by atoms with Crippen LogP contribution in [0.1, 0.15) is 11.5 Å². The number of hydrogen-bond donors (Lipinski definition) is 3. The number of hydrogen-bond acceptors (Lipinski definition) is 6. The van der Waals surface area contributed by atoms with Gasteiger partial charge >= 0.3 is 0 Å². The van der Waals surface area contributed by atoms with Crippen LogP contribution >= 0.6 is 0 Å². The average molecular weight is 330 g/mol. The Labute approximate surface area is 144 Å². The SMILES string of the molecule is N#CC1C(=N)N(c2ccccn2)C(=N)C2=C(N)Oc3ccccc3C21. The molecule has 7 nitrogen and oxygen atoms in total. The molecular formula is C18H14N6O. The number of fused-ring (bicyclic) bond motifs is 3. The van der Waals surface area contributed by atoms with E-state index in [1.165, 1.54) is 4.90 Å². The number of para-hydroxylation sites is 1. The molecule has 2 atom stereocenters. The van der Waals surface area contributed by atoms with Crippen LogP contribution in [0.15, 0.2) is 60.1 Å². The number of ether oxygens (including phenoxy) is 1. The molecule has 2 aliphatic rings. The number of nitrogens with one attached hydrogen (secondary N) is 2. The van der Waals surface area contributed by atoms with Gasteiger partial charge in [-0.05, 0) is 18.2 Å². The van der Waals surface area contributed by atoms with E-state index < -0.39 is 11.8 Å². The largest absolute Gasteiger partial charge is 0.441 e. The van der Waals surface area contributed by atoms with Crippen LogP contribution in [0, 0.1) is 28.1 Å². The van der Waals surface area contributed by atoms with Gasteiger partial charge in [-0.2, -0.15) is 5.26 Å². The Hall–Kier alpha value is -3.66.